The van der Waals surface area contributed by atoms with Crippen LogP contribution in [-0.4, -0.2) is 23.3 Å². The molecule has 1 aromatic heterocycles. The molecule has 0 spiro atoms. The Balaban J connectivity index is 1.76. The second-order valence-corrected chi connectivity index (χ2v) is 5.21. The van der Waals surface area contributed by atoms with Crippen LogP contribution in [0.2, 0.25) is 0 Å². The van der Waals surface area contributed by atoms with Crippen molar-refractivity contribution in [3.05, 3.63) is 71.8 Å². The summed E-state index contributed by atoms with van der Waals surface area (Å²) in [6.07, 6.45) is 0. The summed E-state index contributed by atoms with van der Waals surface area (Å²) in [5.74, 6) is 0.0540. The highest BCUT2D eigenvalue weighted by Crippen LogP contribution is 2.21. The van der Waals surface area contributed by atoms with Gasteiger partial charge in [0, 0.05) is 11.6 Å². The molecule has 0 saturated heterocycles. The van der Waals surface area contributed by atoms with Gasteiger partial charge in [-0.3, -0.25) is 0 Å². The van der Waals surface area contributed by atoms with E-state index >= 15 is 0 Å². The summed E-state index contributed by atoms with van der Waals surface area (Å²) in [5.41, 5.74) is 3.18. The Morgan fingerprint density at radius 2 is 1.67 bits per heavy atom. The van der Waals surface area contributed by atoms with Crippen LogP contribution in [-0.2, 0) is 0 Å². The smallest absolute Gasteiger partial charge is 0.348 e. The quantitative estimate of drug-likeness (QED) is 0.686. The van der Waals surface area contributed by atoms with Gasteiger partial charge < -0.3 is 9.47 Å². The van der Waals surface area contributed by atoms with E-state index in [4.69, 9.17) is 9.47 Å². The van der Waals surface area contributed by atoms with Crippen LogP contribution in [0.15, 0.2) is 60.7 Å². The maximum absolute atomic E-state index is 12.2. The number of para-hydroxylation sites is 1. The lowest BCUT2D eigenvalue weighted by Crippen LogP contribution is -2.11. The van der Waals surface area contributed by atoms with Gasteiger partial charge in [0.2, 0.25) is 5.88 Å². The molecule has 0 N–H and O–H groups in total. The van der Waals surface area contributed by atoms with Crippen LogP contribution in [0, 0.1) is 6.92 Å². The molecule has 0 saturated carbocycles. The van der Waals surface area contributed by atoms with Crippen LogP contribution < -0.4 is 9.47 Å². The molecule has 0 aliphatic heterocycles. The monoisotopic (exact) mass is 320 g/mol. The molecule has 5 nitrogen and oxygen atoms in total. The van der Waals surface area contributed by atoms with Gasteiger partial charge >= 0.3 is 5.97 Å². The number of ether oxygens (including phenoxy) is 2. The van der Waals surface area contributed by atoms with E-state index in [-0.39, 0.29) is 5.88 Å². The zero-order valence-corrected chi connectivity index (χ0v) is 13.4. The molecule has 0 fully saturated rings. The number of aromatic nitrogens is 2. The van der Waals surface area contributed by atoms with Crippen molar-refractivity contribution < 1.29 is 14.3 Å². The van der Waals surface area contributed by atoms with Crippen molar-refractivity contribution in [3.8, 4) is 22.9 Å². The molecule has 0 aliphatic rings. The number of methoxy groups -OCH3 is 1. The predicted molar refractivity (Wildman–Crippen MR) is 90.2 cm³/mol. The third-order valence-electron chi connectivity index (χ3n) is 3.51. The molecule has 0 amide bonds. The summed E-state index contributed by atoms with van der Waals surface area (Å²) in [7, 11) is 1.50. The van der Waals surface area contributed by atoms with Crippen LogP contribution in [0.1, 0.15) is 15.9 Å². The molecule has 0 aliphatic carbocycles. The summed E-state index contributed by atoms with van der Waals surface area (Å²) < 4.78 is 10.4. The summed E-state index contributed by atoms with van der Waals surface area (Å²) in [5, 5.41) is 8.07. The summed E-state index contributed by atoms with van der Waals surface area (Å²) in [6.45, 7) is 2.02. The molecular weight excluding hydrogens is 304 g/mol. The topological polar surface area (TPSA) is 61.3 Å². The molecule has 0 atom stereocenters. The van der Waals surface area contributed by atoms with Crippen molar-refractivity contribution in [1.82, 2.24) is 10.2 Å². The van der Waals surface area contributed by atoms with Gasteiger partial charge in [0.15, 0.2) is 0 Å². The number of hydrogen-bond donors (Lipinski definition) is 0. The number of aryl methyl sites for hydroxylation is 1. The first kappa shape index (κ1) is 15.7. The van der Waals surface area contributed by atoms with Crippen LogP contribution in [0.4, 0.5) is 0 Å². The van der Waals surface area contributed by atoms with Crippen molar-refractivity contribution >= 4 is 5.97 Å². The van der Waals surface area contributed by atoms with Crippen LogP contribution in [0.25, 0.3) is 11.3 Å². The van der Waals surface area contributed by atoms with E-state index in [0.717, 1.165) is 5.56 Å². The van der Waals surface area contributed by atoms with E-state index in [2.05, 4.69) is 10.2 Å². The van der Waals surface area contributed by atoms with Crippen molar-refractivity contribution in [2.75, 3.05) is 7.11 Å². The molecule has 120 valence electrons. The number of hydrogen-bond acceptors (Lipinski definition) is 5. The lowest BCUT2D eigenvalue weighted by atomic mass is 10.1. The Morgan fingerprint density at radius 1 is 0.917 bits per heavy atom. The van der Waals surface area contributed by atoms with Crippen LogP contribution in [0.3, 0.4) is 0 Å². The maximum Gasteiger partial charge on any atom is 0.348 e. The number of nitrogens with zero attached hydrogens (tertiary/aromatic N) is 2. The van der Waals surface area contributed by atoms with Gasteiger partial charge in [-0.05, 0) is 25.1 Å². The number of carbonyl (C=O) groups is 1. The fraction of sp³-hybridized carbons (Fsp3) is 0.105. The van der Waals surface area contributed by atoms with Gasteiger partial charge in [0.05, 0.1) is 12.8 Å². The second-order valence-electron chi connectivity index (χ2n) is 5.21. The number of esters is 1. The van der Waals surface area contributed by atoms with Gasteiger partial charge in [-0.15, -0.1) is 10.2 Å². The van der Waals surface area contributed by atoms with Gasteiger partial charge in [0.1, 0.15) is 11.3 Å². The normalized spacial score (nSPS) is 10.2. The lowest BCUT2D eigenvalue weighted by molar-refractivity contribution is 0.0722. The van der Waals surface area contributed by atoms with E-state index < -0.39 is 5.97 Å². The van der Waals surface area contributed by atoms with Gasteiger partial charge in [0.25, 0.3) is 0 Å². The summed E-state index contributed by atoms with van der Waals surface area (Å²) in [4.78, 5) is 12.2. The minimum atomic E-state index is -0.537. The molecule has 1 heterocycles. The van der Waals surface area contributed by atoms with E-state index in [1.54, 1.807) is 36.4 Å². The minimum absolute atomic E-state index is 0.141. The average molecular weight is 320 g/mol. The van der Waals surface area contributed by atoms with E-state index in [1.807, 2.05) is 31.2 Å². The van der Waals surface area contributed by atoms with E-state index in [9.17, 15) is 4.79 Å². The highest BCUT2D eigenvalue weighted by molar-refractivity contribution is 5.93. The van der Waals surface area contributed by atoms with Gasteiger partial charge in [-0.25, -0.2) is 4.79 Å². The Kier molecular flexibility index (Phi) is 4.52. The zero-order chi connectivity index (χ0) is 16.9. The first-order valence-corrected chi connectivity index (χ1v) is 7.43. The predicted octanol–water partition coefficient (Wildman–Crippen LogP) is 3.68. The van der Waals surface area contributed by atoms with E-state index in [1.165, 1.54) is 12.7 Å². The van der Waals surface area contributed by atoms with Crippen molar-refractivity contribution in [1.29, 1.82) is 0 Å². The van der Waals surface area contributed by atoms with Crippen LogP contribution in [0.5, 0.6) is 11.6 Å². The van der Waals surface area contributed by atoms with Gasteiger partial charge in [-0.1, -0.05) is 42.0 Å². The number of carbonyl (C=O) groups excluding carboxylic acids is 1. The maximum atomic E-state index is 12.2. The van der Waals surface area contributed by atoms with E-state index in [0.29, 0.717) is 17.0 Å². The summed E-state index contributed by atoms with van der Waals surface area (Å²) in [6, 6.07) is 18.2. The Labute approximate surface area is 139 Å². The highest BCUT2D eigenvalue weighted by atomic mass is 16.5. The third-order valence-corrected chi connectivity index (χ3v) is 3.51. The van der Waals surface area contributed by atoms with Crippen molar-refractivity contribution in [3.63, 3.8) is 0 Å². The third kappa shape index (κ3) is 3.41. The molecule has 5 heteroatoms. The van der Waals surface area contributed by atoms with Crippen LogP contribution >= 0.6 is 0 Å². The van der Waals surface area contributed by atoms with Crippen molar-refractivity contribution in [2.24, 2.45) is 0 Å². The summed E-state index contributed by atoms with van der Waals surface area (Å²) >= 11 is 0. The zero-order valence-electron chi connectivity index (χ0n) is 13.4. The molecule has 0 radical (unpaired) electrons. The molecule has 3 aromatic rings. The highest BCUT2D eigenvalue weighted by Gasteiger charge is 2.14. The Morgan fingerprint density at radius 3 is 2.33 bits per heavy atom. The lowest BCUT2D eigenvalue weighted by Gasteiger charge is -2.07. The fourth-order valence-electron chi connectivity index (χ4n) is 2.22. The fourth-order valence-corrected chi connectivity index (χ4v) is 2.22. The minimum Gasteiger partial charge on any atom is -0.496 e. The standard InChI is InChI=1S/C19H16N2O3/c1-13-7-9-14(10-8-13)16-11-12-18(21-20-16)24-19(22)15-5-3-4-6-17(15)23-2/h3-12H,1-2H3. The molecular formula is C19H16N2O3. The number of benzene rings is 2. The molecule has 2 aromatic carbocycles. The molecule has 0 bridgehead atoms. The average Bonchev–Trinajstić information content (AvgIpc) is 2.63. The first-order chi connectivity index (χ1) is 11.7. The first-order valence-electron chi connectivity index (χ1n) is 7.43. The van der Waals surface area contributed by atoms with Crippen molar-refractivity contribution in [2.45, 2.75) is 6.92 Å². The largest absolute Gasteiger partial charge is 0.496 e. The SMILES string of the molecule is COc1ccccc1C(=O)Oc1ccc(-c2ccc(C)cc2)nn1. The second kappa shape index (κ2) is 6.91. The molecule has 24 heavy (non-hydrogen) atoms. The molecule has 3 rings (SSSR count). The molecule has 0 unspecified atom stereocenters. The Hall–Kier alpha value is -3.21. The van der Waals surface area contributed by atoms with Gasteiger partial charge in [-0.2, -0.15) is 0 Å². The number of rotatable bonds is 4. The Bertz CT molecular complexity index is 843.